The monoisotopic (exact) mass is 243 g/mol. The Kier molecular flexibility index (Phi) is 4.60. The van der Waals surface area contributed by atoms with Crippen LogP contribution in [-0.4, -0.2) is 26.2 Å². The van der Waals surface area contributed by atoms with Crippen molar-refractivity contribution < 1.29 is 0 Å². The summed E-state index contributed by atoms with van der Waals surface area (Å²) in [5.74, 6) is 0. The predicted molar refractivity (Wildman–Crippen MR) is 74.7 cm³/mol. The van der Waals surface area contributed by atoms with Gasteiger partial charge in [-0.05, 0) is 50.1 Å². The molecule has 18 heavy (non-hydrogen) atoms. The van der Waals surface area contributed by atoms with Gasteiger partial charge in [-0.2, -0.15) is 5.26 Å². The van der Waals surface area contributed by atoms with E-state index in [9.17, 15) is 0 Å². The Labute approximate surface area is 109 Å². The van der Waals surface area contributed by atoms with Crippen LogP contribution >= 0.6 is 0 Å². The Bertz CT molecular complexity index is 399. The van der Waals surface area contributed by atoms with Crippen LogP contribution in [0.15, 0.2) is 24.3 Å². The summed E-state index contributed by atoms with van der Waals surface area (Å²) in [7, 11) is 2.12. The summed E-state index contributed by atoms with van der Waals surface area (Å²) >= 11 is 0. The fourth-order valence-corrected chi connectivity index (χ4v) is 2.44. The highest BCUT2D eigenvalue weighted by atomic mass is 15.1. The van der Waals surface area contributed by atoms with Crippen LogP contribution in [0.25, 0.3) is 0 Å². The van der Waals surface area contributed by atoms with Crippen LogP contribution in [0.4, 0.5) is 5.69 Å². The molecule has 96 valence electrons. The summed E-state index contributed by atoms with van der Waals surface area (Å²) in [5.41, 5.74) is 1.91. The second kappa shape index (κ2) is 6.42. The topological polar surface area (TPSA) is 39.1 Å². The zero-order valence-electron chi connectivity index (χ0n) is 11.0. The molecule has 0 aliphatic carbocycles. The van der Waals surface area contributed by atoms with Crippen molar-refractivity contribution in [3.63, 3.8) is 0 Å². The quantitative estimate of drug-likeness (QED) is 0.883. The molecule has 1 heterocycles. The Hall–Kier alpha value is -1.53. The molecule has 0 radical (unpaired) electrons. The predicted octanol–water partition coefficient (Wildman–Crippen LogP) is 2.53. The largest absolute Gasteiger partial charge is 0.375 e. The number of anilines is 1. The van der Waals surface area contributed by atoms with Crippen LogP contribution in [0, 0.1) is 11.3 Å². The molecular weight excluding hydrogens is 222 g/mol. The van der Waals surface area contributed by atoms with E-state index in [1.165, 1.54) is 37.9 Å². The number of hydrogen-bond donors (Lipinski definition) is 1. The van der Waals surface area contributed by atoms with Gasteiger partial charge in [0, 0.05) is 25.3 Å². The molecule has 1 unspecified atom stereocenters. The lowest BCUT2D eigenvalue weighted by Crippen LogP contribution is -2.36. The highest BCUT2D eigenvalue weighted by Gasteiger charge is 2.13. The fourth-order valence-electron chi connectivity index (χ4n) is 2.44. The van der Waals surface area contributed by atoms with Crippen molar-refractivity contribution in [2.24, 2.45) is 0 Å². The van der Waals surface area contributed by atoms with Crippen molar-refractivity contribution in [3.8, 4) is 6.07 Å². The summed E-state index contributed by atoms with van der Waals surface area (Å²) in [6.07, 6.45) is 5.18. The van der Waals surface area contributed by atoms with Crippen molar-refractivity contribution in [3.05, 3.63) is 29.8 Å². The second-order valence-corrected chi connectivity index (χ2v) is 5.02. The van der Waals surface area contributed by atoms with Gasteiger partial charge in [0.15, 0.2) is 0 Å². The highest BCUT2D eigenvalue weighted by molar-refractivity contribution is 5.48. The Morgan fingerprint density at radius 3 is 2.72 bits per heavy atom. The van der Waals surface area contributed by atoms with Gasteiger partial charge in [0.2, 0.25) is 0 Å². The van der Waals surface area contributed by atoms with Crippen LogP contribution in [-0.2, 0) is 0 Å². The van der Waals surface area contributed by atoms with Crippen molar-refractivity contribution in [2.75, 3.05) is 25.0 Å². The Morgan fingerprint density at radius 2 is 2.11 bits per heavy atom. The van der Waals surface area contributed by atoms with E-state index < -0.39 is 0 Å². The number of piperidine rings is 1. The maximum absolute atomic E-state index is 8.77. The van der Waals surface area contributed by atoms with Crippen LogP contribution in [0.1, 0.15) is 31.2 Å². The number of nitriles is 1. The summed E-state index contributed by atoms with van der Waals surface area (Å²) in [6.45, 7) is 2.23. The van der Waals surface area contributed by atoms with Crippen molar-refractivity contribution in [2.45, 2.75) is 31.7 Å². The SMILES string of the molecule is CN(CCC1CCCCN1)c1ccc(C#N)cc1. The second-order valence-electron chi connectivity index (χ2n) is 5.02. The van der Waals surface area contributed by atoms with E-state index in [0.717, 1.165) is 12.1 Å². The smallest absolute Gasteiger partial charge is 0.0991 e. The Balaban J connectivity index is 1.83. The molecule has 0 spiro atoms. The number of rotatable bonds is 4. The molecule has 1 fully saturated rings. The normalized spacial score (nSPS) is 19.2. The molecular formula is C15H21N3. The first-order valence-electron chi connectivity index (χ1n) is 6.74. The highest BCUT2D eigenvalue weighted by Crippen LogP contribution is 2.16. The molecule has 1 aromatic rings. The molecule has 1 aliphatic heterocycles. The van der Waals surface area contributed by atoms with Crippen LogP contribution in [0.3, 0.4) is 0 Å². The van der Waals surface area contributed by atoms with Crippen LogP contribution in [0.2, 0.25) is 0 Å². The van der Waals surface area contributed by atoms with Gasteiger partial charge in [0.05, 0.1) is 11.6 Å². The minimum absolute atomic E-state index is 0.680. The lowest BCUT2D eigenvalue weighted by molar-refractivity contribution is 0.384. The maximum Gasteiger partial charge on any atom is 0.0991 e. The van der Waals surface area contributed by atoms with E-state index in [1.807, 2.05) is 24.3 Å². The molecule has 1 aliphatic rings. The van der Waals surface area contributed by atoms with Gasteiger partial charge in [-0.1, -0.05) is 6.42 Å². The molecule has 3 heteroatoms. The van der Waals surface area contributed by atoms with Crippen molar-refractivity contribution in [1.82, 2.24) is 5.32 Å². The van der Waals surface area contributed by atoms with Crippen LogP contribution < -0.4 is 10.2 Å². The van der Waals surface area contributed by atoms with E-state index >= 15 is 0 Å². The van der Waals surface area contributed by atoms with E-state index in [1.54, 1.807) is 0 Å². The fraction of sp³-hybridized carbons (Fsp3) is 0.533. The molecule has 1 saturated heterocycles. The molecule has 3 nitrogen and oxygen atoms in total. The average molecular weight is 243 g/mol. The first kappa shape index (κ1) is 12.9. The van der Waals surface area contributed by atoms with E-state index in [-0.39, 0.29) is 0 Å². The first-order valence-corrected chi connectivity index (χ1v) is 6.74. The first-order chi connectivity index (χ1) is 8.79. The molecule has 2 rings (SSSR count). The third-order valence-electron chi connectivity index (χ3n) is 3.66. The van der Waals surface area contributed by atoms with Gasteiger partial charge in [0.25, 0.3) is 0 Å². The van der Waals surface area contributed by atoms with E-state index in [4.69, 9.17) is 5.26 Å². The summed E-state index contributed by atoms with van der Waals surface area (Å²) in [4.78, 5) is 2.26. The summed E-state index contributed by atoms with van der Waals surface area (Å²) in [6, 6.07) is 10.6. The molecule has 0 bridgehead atoms. The molecule has 0 aromatic heterocycles. The maximum atomic E-state index is 8.77. The van der Waals surface area contributed by atoms with Gasteiger partial charge >= 0.3 is 0 Å². The third-order valence-corrected chi connectivity index (χ3v) is 3.66. The van der Waals surface area contributed by atoms with Gasteiger partial charge < -0.3 is 10.2 Å². The standard InChI is InChI=1S/C15H21N3/c1-18(11-9-14-4-2-3-10-17-14)15-7-5-13(12-16)6-8-15/h5-8,14,17H,2-4,9-11H2,1H3. The Morgan fingerprint density at radius 1 is 1.33 bits per heavy atom. The summed E-state index contributed by atoms with van der Waals surface area (Å²) in [5, 5.41) is 12.3. The van der Waals surface area contributed by atoms with Crippen molar-refractivity contribution >= 4 is 5.69 Å². The number of nitrogens with one attached hydrogen (secondary N) is 1. The number of hydrogen-bond acceptors (Lipinski definition) is 3. The van der Waals surface area contributed by atoms with Gasteiger partial charge in [-0.3, -0.25) is 0 Å². The minimum Gasteiger partial charge on any atom is -0.375 e. The third kappa shape index (κ3) is 3.48. The zero-order chi connectivity index (χ0) is 12.8. The summed E-state index contributed by atoms with van der Waals surface area (Å²) < 4.78 is 0. The minimum atomic E-state index is 0.680. The average Bonchev–Trinajstić information content (AvgIpc) is 2.46. The lowest BCUT2D eigenvalue weighted by Gasteiger charge is -2.26. The zero-order valence-corrected chi connectivity index (χ0v) is 11.0. The lowest BCUT2D eigenvalue weighted by atomic mass is 10.0. The van der Waals surface area contributed by atoms with Crippen LogP contribution in [0.5, 0.6) is 0 Å². The van der Waals surface area contributed by atoms with E-state index in [0.29, 0.717) is 6.04 Å². The molecule has 1 atom stereocenters. The number of benzene rings is 1. The molecule has 1 aromatic carbocycles. The van der Waals surface area contributed by atoms with Gasteiger partial charge in [-0.15, -0.1) is 0 Å². The van der Waals surface area contributed by atoms with Crippen molar-refractivity contribution in [1.29, 1.82) is 5.26 Å². The number of nitrogens with zero attached hydrogens (tertiary/aromatic N) is 2. The molecule has 0 saturated carbocycles. The van der Waals surface area contributed by atoms with Gasteiger partial charge in [-0.25, -0.2) is 0 Å². The van der Waals surface area contributed by atoms with E-state index in [2.05, 4.69) is 23.3 Å². The van der Waals surface area contributed by atoms with Gasteiger partial charge in [0.1, 0.15) is 0 Å². The molecule has 1 N–H and O–H groups in total. The molecule has 0 amide bonds.